The molecule has 0 saturated heterocycles. The average molecular weight is 298 g/mol. The average Bonchev–Trinajstić information content (AvgIpc) is 3.01. The van der Waals surface area contributed by atoms with Gasteiger partial charge in [-0.2, -0.15) is 13.2 Å². The van der Waals surface area contributed by atoms with E-state index in [2.05, 4.69) is 17.6 Å². The maximum absolute atomic E-state index is 13.1. The number of rotatable bonds is 4. The highest BCUT2D eigenvalue weighted by molar-refractivity contribution is 5.99. The second-order valence-electron chi connectivity index (χ2n) is 6.26. The molecule has 0 atom stereocenters. The molecule has 0 aromatic heterocycles. The summed E-state index contributed by atoms with van der Waals surface area (Å²) in [5, 5.41) is 5.65. The molecular weight excluding hydrogens is 281 g/mol. The molecule has 1 amide bonds. The minimum absolute atomic E-state index is 0.0468. The van der Waals surface area contributed by atoms with Gasteiger partial charge in [0.25, 0.3) is 5.91 Å². The fourth-order valence-electron chi connectivity index (χ4n) is 2.64. The topological polar surface area (TPSA) is 41.1 Å². The molecule has 6 heteroatoms. The van der Waals surface area contributed by atoms with Gasteiger partial charge in [0.2, 0.25) is 0 Å². The van der Waals surface area contributed by atoms with Crippen molar-refractivity contribution in [3.8, 4) is 0 Å². The molecule has 1 aliphatic heterocycles. The predicted octanol–water partition coefficient (Wildman–Crippen LogP) is 2.84. The molecule has 114 valence electrons. The second-order valence-corrected chi connectivity index (χ2v) is 6.26. The Morgan fingerprint density at radius 3 is 2.67 bits per heavy atom. The van der Waals surface area contributed by atoms with E-state index in [0.717, 1.165) is 25.5 Å². The molecule has 1 aromatic rings. The van der Waals surface area contributed by atoms with Gasteiger partial charge in [0.15, 0.2) is 0 Å². The minimum atomic E-state index is -4.44. The van der Waals surface area contributed by atoms with Crippen LogP contribution in [0.25, 0.3) is 0 Å². The van der Waals surface area contributed by atoms with Gasteiger partial charge in [0, 0.05) is 25.2 Å². The first-order chi connectivity index (χ1) is 9.78. The highest BCUT2D eigenvalue weighted by Crippen LogP contribution is 2.44. The SMILES string of the molecule is CC1(CNCc2cc3c(c(C(F)(F)F)c2)CNC3=O)CC1. The molecule has 2 aliphatic rings. The molecule has 0 radical (unpaired) electrons. The minimum Gasteiger partial charge on any atom is -0.348 e. The van der Waals surface area contributed by atoms with Crippen molar-refractivity contribution in [1.29, 1.82) is 0 Å². The third kappa shape index (κ3) is 2.90. The number of hydrogen-bond donors (Lipinski definition) is 2. The predicted molar refractivity (Wildman–Crippen MR) is 71.7 cm³/mol. The molecule has 1 heterocycles. The first kappa shape index (κ1) is 14.4. The smallest absolute Gasteiger partial charge is 0.348 e. The van der Waals surface area contributed by atoms with E-state index in [1.54, 1.807) is 6.07 Å². The monoisotopic (exact) mass is 298 g/mol. The Balaban J connectivity index is 1.84. The van der Waals surface area contributed by atoms with Gasteiger partial charge in [-0.15, -0.1) is 0 Å². The first-order valence-corrected chi connectivity index (χ1v) is 7.00. The number of nitrogens with one attached hydrogen (secondary N) is 2. The van der Waals surface area contributed by atoms with E-state index in [1.807, 2.05) is 0 Å². The van der Waals surface area contributed by atoms with Crippen LogP contribution in [0.15, 0.2) is 12.1 Å². The van der Waals surface area contributed by atoms with Crippen LogP contribution in [0.3, 0.4) is 0 Å². The molecule has 1 fully saturated rings. The summed E-state index contributed by atoms with van der Waals surface area (Å²) in [7, 11) is 0. The fraction of sp³-hybridized carbons (Fsp3) is 0.533. The van der Waals surface area contributed by atoms with Crippen LogP contribution in [-0.4, -0.2) is 12.5 Å². The normalized spacial score (nSPS) is 19.3. The molecule has 3 rings (SSSR count). The van der Waals surface area contributed by atoms with Gasteiger partial charge in [0.1, 0.15) is 0 Å². The molecule has 21 heavy (non-hydrogen) atoms. The van der Waals surface area contributed by atoms with Crippen molar-refractivity contribution in [2.75, 3.05) is 6.54 Å². The molecule has 1 aromatic carbocycles. The molecular formula is C15H17F3N2O. The molecule has 1 aliphatic carbocycles. The molecule has 1 saturated carbocycles. The fourth-order valence-corrected chi connectivity index (χ4v) is 2.64. The maximum Gasteiger partial charge on any atom is 0.416 e. The van der Waals surface area contributed by atoms with E-state index in [1.165, 1.54) is 0 Å². The highest BCUT2D eigenvalue weighted by Gasteiger charge is 2.38. The van der Waals surface area contributed by atoms with Gasteiger partial charge < -0.3 is 10.6 Å². The van der Waals surface area contributed by atoms with Crippen molar-refractivity contribution in [3.05, 3.63) is 34.4 Å². The van der Waals surface area contributed by atoms with Crippen LogP contribution in [-0.2, 0) is 19.3 Å². The summed E-state index contributed by atoms with van der Waals surface area (Å²) >= 11 is 0. The van der Waals surface area contributed by atoms with Gasteiger partial charge in [-0.05, 0) is 41.5 Å². The van der Waals surface area contributed by atoms with E-state index in [-0.39, 0.29) is 17.7 Å². The Kier molecular flexibility index (Phi) is 3.24. The van der Waals surface area contributed by atoms with Crippen molar-refractivity contribution in [2.24, 2.45) is 5.41 Å². The Hall–Kier alpha value is -1.56. The van der Waals surface area contributed by atoms with E-state index < -0.39 is 17.6 Å². The van der Waals surface area contributed by atoms with Gasteiger partial charge in [0.05, 0.1) is 5.56 Å². The third-order valence-electron chi connectivity index (χ3n) is 4.27. The zero-order chi connectivity index (χ0) is 15.3. The van der Waals surface area contributed by atoms with Crippen LogP contribution < -0.4 is 10.6 Å². The summed E-state index contributed by atoms with van der Waals surface area (Å²) in [6, 6.07) is 2.72. The van der Waals surface area contributed by atoms with Gasteiger partial charge in [-0.1, -0.05) is 6.92 Å². The number of carbonyl (C=O) groups excluding carboxylic acids is 1. The number of fused-ring (bicyclic) bond motifs is 1. The van der Waals surface area contributed by atoms with E-state index in [0.29, 0.717) is 17.5 Å². The van der Waals surface area contributed by atoms with Crippen LogP contribution >= 0.6 is 0 Å². The number of amides is 1. The molecule has 0 bridgehead atoms. The Morgan fingerprint density at radius 1 is 1.33 bits per heavy atom. The lowest BCUT2D eigenvalue weighted by atomic mass is 9.98. The van der Waals surface area contributed by atoms with Gasteiger partial charge >= 0.3 is 6.18 Å². The summed E-state index contributed by atoms with van der Waals surface area (Å²) in [5.74, 6) is -0.425. The van der Waals surface area contributed by atoms with Crippen molar-refractivity contribution in [3.63, 3.8) is 0 Å². The van der Waals surface area contributed by atoms with Crippen molar-refractivity contribution in [2.45, 2.75) is 39.0 Å². The maximum atomic E-state index is 13.1. The van der Waals surface area contributed by atoms with Crippen LogP contribution in [0.2, 0.25) is 0 Å². The number of benzene rings is 1. The Morgan fingerprint density at radius 2 is 2.05 bits per heavy atom. The van der Waals surface area contributed by atoms with Gasteiger partial charge in [-0.3, -0.25) is 4.79 Å². The van der Waals surface area contributed by atoms with Gasteiger partial charge in [-0.25, -0.2) is 0 Å². The number of carbonyl (C=O) groups is 1. The summed E-state index contributed by atoms with van der Waals surface area (Å²) in [5.41, 5.74) is 0.306. The van der Waals surface area contributed by atoms with E-state index in [4.69, 9.17) is 0 Å². The highest BCUT2D eigenvalue weighted by atomic mass is 19.4. The second kappa shape index (κ2) is 4.73. The first-order valence-electron chi connectivity index (χ1n) is 7.00. The summed E-state index contributed by atoms with van der Waals surface area (Å²) in [6.07, 6.45) is -2.13. The zero-order valence-corrected chi connectivity index (χ0v) is 11.7. The molecule has 0 unspecified atom stereocenters. The van der Waals surface area contributed by atoms with Crippen molar-refractivity contribution >= 4 is 5.91 Å². The number of hydrogen-bond acceptors (Lipinski definition) is 2. The Bertz CT molecular complexity index is 591. The molecule has 2 N–H and O–H groups in total. The van der Waals surface area contributed by atoms with Crippen LogP contribution in [0.5, 0.6) is 0 Å². The van der Waals surface area contributed by atoms with Crippen LogP contribution in [0.1, 0.15) is 46.8 Å². The zero-order valence-electron chi connectivity index (χ0n) is 11.7. The summed E-state index contributed by atoms with van der Waals surface area (Å²) < 4.78 is 39.3. The van der Waals surface area contributed by atoms with Crippen molar-refractivity contribution < 1.29 is 18.0 Å². The summed E-state index contributed by atoms with van der Waals surface area (Å²) in [4.78, 5) is 11.6. The van der Waals surface area contributed by atoms with E-state index >= 15 is 0 Å². The van der Waals surface area contributed by atoms with Crippen molar-refractivity contribution in [1.82, 2.24) is 10.6 Å². The molecule has 0 spiro atoms. The largest absolute Gasteiger partial charge is 0.416 e. The lowest BCUT2D eigenvalue weighted by Gasteiger charge is -2.15. The lowest BCUT2D eigenvalue weighted by molar-refractivity contribution is -0.138. The summed E-state index contributed by atoms with van der Waals surface area (Å²) in [6.45, 7) is 3.24. The number of alkyl halides is 3. The number of halogens is 3. The van der Waals surface area contributed by atoms with Crippen LogP contribution in [0.4, 0.5) is 13.2 Å². The lowest BCUT2D eigenvalue weighted by Crippen LogP contribution is -2.22. The van der Waals surface area contributed by atoms with Crippen LogP contribution in [0, 0.1) is 5.41 Å². The quantitative estimate of drug-likeness (QED) is 0.897. The van der Waals surface area contributed by atoms with E-state index in [9.17, 15) is 18.0 Å². The third-order valence-corrected chi connectivity index (χ3v) is 4.27. The Labute approximate surface area is 120 Å². The molecule has 3 nitrogen and oxygen atoms in total. The standard InChI is InChI=1S/C15H17F3N2O/c1-14(2-3-14)8-19-6-9-4-10-11(7-20-13(10)21)12(5-9)15(16,17)18/h4-5,19H,2-3,6-8H2,1H3,(H,20,21).